The van der Waals surface area contributed by atoms with Crippen molar-refractivity contribution in [3.63, 3.8) is 0 Å². The van der Waals surface area contributed by atoms with Crippen LogP contribution in [0.25, 0.3) is 0 Å². The van der Waals surface area contributed by atoms with Gasteiger partial charge in [0.2, 0.25) is 11.8 Å². The molecule has 2 amide bonds. The number of nitrogens with zero attached hydrogens (tertiary/aromatic N) is 3. The Balaban J connectivity index is 1.35. The standard InChI is InChI=1S/C32H40N4O4/c1-34-13-15-35(16-14-34)24-11-12-25(31(33)38)26(18-24)28(22-9-5-6-10-22)32(39)36-19-23(17-21-7-3-2-4-8-21)30-29(36)27(37)20-40-30/h2-4,7-8,11-12,18,22-23,28-30H,5-6,9-10,13-17,19-20H2,1H3,(H2,33,38)/t23-,28-,29+,30+/m0/s1. The third kappa shape index (κ3) is 5.15. The van der Waals surface area contributed by atoms with Crippen molar-refractivity contribution in [3.05, 3.63) is 65.2 Å². The van der Waals surface area contributed by atoms with Gasteiger partial charge in [-0.25, -0.2) is 0 Å². The Morgan fingerprint density at radius 2 is 1.75 bits per heavy atom. The van der Waals surface area contributed by atoms with E-state index in [1.165, 1.54) is 5.56 Å². The summed E-state index contributed by atoms with van der Waals surface area (Å²) in [5.41, 5.74) is 9.23. The van der Waals surface area contributed by atoms with Gasteiger partial charge < -0.3 is 25.2 Å². The van der Waals surface area contributed by atoms with Gasteiger partial charge in [-0.05, 0) is 61.6 Å². The van der Waals surface area contributed by atoms with Crippen LogP contribution in [0.15, 0.2) is 48.5 Å². The summed E-state index contributed by atoms with van der Waals surface area (Å²) < 4.78 is 6.01. The summed E-state index contributed by atoms with van der Waals surface area (Å²) in [6.45, 7) is 4.21. The van der Waals surface area contributed by atoms with Gasteiger partial charge in [0.15, 0.2) is 5.78 Å². The van der Waals surface area contributed by atoms with E-state index >= 15 is 0 Å². The minimum atomic E-state index is -0.567. The van der Waals surface area contributed by atoms with Gasteiger partial charge in [-0.1, -0.05) is 43.2 Å². The van der Waals surface area contributed by atoms with Crippen molar-refractivity contribution in [1.29, 1.82) is 0 Å². The summed E-state index contributed by atoms with van der Waals surface area (Å²) in [5.74, 6) is -0.967. The highest BCUT2D eigenvalue weighted by molar-refractivity contribution is 5.99. The second-order valence-corrected chi connectivity index (χ2v) is 12.1. The summed E-state index contributed by atoms with van der Waals surface area (Å²) >= 11 is 0. The Hall–Kier alpha value is -3.23. The summed E-state index contributed by atoms with van der Waals surface area (Å²) in [5, 5.41) is 0. The SMILES string of the molecule is CN1CCN(c2ccc(C(N)=O)c([C@@H](C(=O)N3C[C@H](Cc4ccccc4)[C@H]4OCC(=O)[C@H]43)C3CCCC3)c2)CC1. The number of hydrogen-bond acceptors (Lipinski definition) is 6. The maximum absolute atomic E-state index is 14.7. The second kappa shape index (κ2) is 11.3. The number of rotatable bonds is 7. The number of benzene rings is 2. The van der Waals surface area contributed by atoms with E-state index in [0.29, 0.717) is 12.1 Å². The molecular formula is C32H40N4O4. The molecule has 8 heteroatoms. The Morgan fingerprint density at radius 3 is 2.45 bits per heavy atom. The largest absolute Gasteiger partial charge is 0.369 e. The lowest BCUT2D eigenvalue weighted by Gasteiger charge is -2.35. The number of carbonyl (C=O) groups is 3. The fraction of sp³-hybridized carbons (Fsp3) is 0.531. The number of anilines is 1. The van der Waals surface area contributed by atoms with E-state index in [4.69, 9.17) is 10.5 Å². The van der Waals surface area contributed by atoms with E-state index in [9.17, 15) is 14.4 Å². The first-order chi connectivity index (χ1) is 19.4. The van der Waals surface area contributed by atoms with Crippen LogP contribution in [0.5, 0.6) is 0 Å². The highest BCUT2D eigenvalue weighted by atomic mass is 16.5. The number of ketones is 1. The monoisotopic (exact) mass is 544 g/mol. The molecule has 2 N–H and O–H groups in total. The van der Waals surface area contributed by atoms with Crippen LogP contribution in [0.2, 0.25) is 0 Å². The van der Waals surface area contributed by atoms with E-state index < -0.39 is 17.9 Å². The highest BCUT2D eigenvalue weighted by Crippen LogP contribution is 2.43. The van der Waals surface area contributed by atoms with E-state index in [0.717, 1.165) is 69.5 Å². The summed E-state index contributed by atoms with van der Waals surface area (Å²) in [6, 6.07) is 15.4. The fourth-order valence-electron chi connectivity index (χ4n) is 7.43. The third-order valence-corrected chi connectivity index (χ3v) is 9.56. The van der Waals surface area contributed by atoms with Gasteiger partial charge >= 0.3 is 0 Å². The topological polar surface area (TPSA) is 96.2 Å². The quantitative estimate of drug-likeness (QED) is 0.576. The van der Waals surface area contributed by atoms with Gasteiger partial charge in [-0.3, -0.25) is 14.4 Å². The van der Waals surface area contributed by atoms with Crippen LogP contribution in [0.3, 0.4) is 0 Å². The van der Waals surface area contributed by atoms with Crippen LogP contribution < -0.4 is 10.6 Å². The van der Waals surface area contributed by atoms with Crippen molar-refractivity contribution in [2.75, 3.05) is 51.3 Å². The van der Waals surface area contributed by atoms with Crippen molar-refractivity contribution < 1.29 is 19.1 Å². The first kappa shape index (κ1) is 27.0. The van der Waals surface area contributed by atoms with Crippen LogP contribution in [-0.4, -0.2) is 85.9 Å². The van der Waals surface area contributed by atoms with E-state index in [1.54, 1.807) is 11.0 Å². The summed E-state index contributed by atoms with van der Waals surface area (Å²) in [7, 11) is 2.12. The summed E-state index contributed by atoms with van der Waals surface area (Å²) in [6.07, 6.45) is 4.42. The minimum absolute atomic E-state index is 0.0274. The molecule has 2 aromatic rings. The molecule has 0 spiro atoms. The van der Waals surface area contributed by atoms with Crippen molar-refractivity contribution in [2.24, 2.45) is 17.6 Å². The number of fused-ring (bicyclic) bond motifs is 1. The number of ether oxygens (including phenoxy) is 1. The molecule has 6 rings (SSSR count). The molecule has 4 atom stereocenters. The third-order valence-electron chi connectivity index (χ3n) is 9.56. The van der Waals surface area contributed by atoms with E-state index in [2.05, 4.69) is 29.0 Å². The molecule has 212 valence electrons. The normalized spacial score (nSPS) is 26.3. The first-order valence-corrected chi connectivity index (χ1v) is 14.8. The zero-order valence-electron chi connectivity index (χ0n) is 23.3. The van der Waals surface area contributed by atoms with Gasteiger partial charge in [0.25, 0.3) is 0 Å². The second-order valence-electron chi connectivity index (χ2n) is 12.1. The van der Waals surface area contributed by atoms with Crippen molar-refractivity contribution in [2.45, 2.75) is 50.2 Å². The molecule has 3 heterocycles. The molecule has 4 aliphatic rings. The molecule has 0 aromatic heterocycles. The predicted octanol–water partition coefficient (Wildman–Crippen LogP) is 2.85. The molecule has 40 heavy (non-hydrogen) atoms. The number of likely N-dealkylation sites (N-methyl/N-ethyl adjacent to an activating group) is 1. The van der Waals surface area contributed by atoms with Gasteiger partial charge in [0.1, 0.15) is 12.6 Å². The fourth-order valence-corrected chi connectivity index (χ4v) is 7.43. The average Bonchev–Trinajstić information content (AvgIpc) is 3.70. The van der Waals surface area contributed by atoms with Crippen LogP contribution >= 0.6 is 0 Å². The highest BCUT2D eigenvalue weighted by Gasteiger charge is 2.53. The van der Waals surface area contributed by atoms with Gasteiger partial charge in [0, 0.05) is 49.9 Å². The molecule has 0 bridgehead atoms. The van der Waals surface area contributed by atoms with Gasteiger partial charge in [0.05, 0.1) is 12.0 Å². The number of Topliss-reactive ketones (excluding diaryl/α,β-unsaturated/α-hetero) is 1. The minimum Gasteiger partial charge on any atom is -0.369 e. The average molecular weight is 545 g/mol. The van der Waals surface area contributed by atoms with Crippen LogP contribution in [0.4, 0.5) is 5.69 Å². The molecule has 3 aliphatic heterocycles. The zero-order chi connectivity index (χ0) is 27.8. The molecular weight excluding hydrogens is 504 g/mol. The van der Waals surface area contributed by atoms with Gasteiger partial charge in [-0.2, -0.15) is 0 Å². The Bertz CT molecular complexity index is 1250. The molecule has 0 radical (unpaired) electrons. The zero-order valence-corrected chi connectivity index (χ0v) is 23.3. The number of piperazine rings is 1. The smallest absolute Gasteiger partial charge is 0.249 e. The van der Waals surface area contributed by atoms with Crippen LogP contribution in [-0.2, 0) is 20.7 Å². The first-order valence-electron chi connectivity index (χ1n) is 14.8. The number of amides is 2. The number of nitrogens with two attached hydrogens (primary N) is 1. The number of likely N-dealkylation sites (tertiary alicyclic amines) is 1. The molecule has 4 fully saturated rings. The molecule has 1 saturated carbocycles. The maximum Gasteiger partial charge on any atom is 0.249 e. The Labute approximate surface area is 236 Å². The summed E-state index contributed by atoms with van der Waals surface area (Å²) in [4.78, 5) is 46.9. The predicted molar refractivity (Wildman–Crippen MR) is 153 cm³/mol. The number of primary amides is 1. The molecule has 3 saturated heterocycles. The van der Waals surface area contributed by atoms with Crippen molar-refractivity contribution >= 4 is 23.3 Å². The van der Waals surface area contributed by atoms with Crippen molar-refractivity contribution in [3.8, 4) is 0 Å². The maximum atomic E-state index is 14.7. The Morgan fingerprint density at radius 1 is 1.02 bits per heavy atom. The van der Waals surface area contributed by atoms with Crippen LogP contribution in [0.1, 0.15) is 53.1 Å². The lowest BCUT2D eigenvalue weighted by atomic mass is 9.80. The lowest BCUT2D eigenvalue weighted by molar-refractivity contribution is -0.138. The Kier molecular flexibility index (Phi) is 7.64. The number of carbonyl (C=O) groups excluding carboxylic acids is 3. The lowest BCUT2D eigenvalue weighted by Crippen LogP contribution is -2.46. The molecule has 0 unspecified atom stereocenters. The molecule has 2 aromatic carbocycles. The van der Waals surface area contributed by atoms with E-state index in [-0.39, 0.29) is 36.2 Å². The van der Waals surface area contributed by atoms with Crippen molar-refractivity contribution in [1.82, 2.24) is 9.80 Å². The van der Waals surface area contributed by atoms with E-state index in [1.807, 2.05) is 30.3 Å². The molecule has 1 aliphatic carbocycles. The molecule has 8 nitrogen and oxygen atoms in total. The number of hydrogen-bond donors (Lipinski definition) is 1. The van der Waals surface area contributed by atoms with Gasteiger partial charge in [-0.15, -0.1) is 0 Å². The van der Waals surface area contributed by atoms with Crippen LogP contribution in [0, 0.1) is 11.8 Å².